The third-order valence-electron chi connectivity index (χ3n) is 4.93. The number of nitrogens with one attached hydrogen (secondary N) is 1. The maximum absolute atomic E-state index is 13.4. The van der Waals surface area contributed by atoms with E-state index in [2.05, 4.69) is 21.8 Å². The summed E-state index contributed by atoms with van der Waals surface area (Å²) in [7, 11) is 0. The van der Waals surface area contributed by atoms with E-state index in [1.165, 1.54) is 12.1 Å². The van der Waals surface area contributed by atoms with Gasteiger partial charge in [-0.05, 0) is 31.4 Å². The fourth-order valence-electron chi connectivity index (χ4n) is 3.18. The Morgan fingerprint density at radius 3 is 2.77 bits per heavy atom. The molecule has 0 saturated carbocycles. The van der Waals surface area contributed by atoms with Crippen molar-refractivity contribution in [2.24, 2.45) is 4.99 Å². The van der Waals surface area contributed by atoms with Gasteiger partial charge in [-0.25, -0.2) is 4.39 Å². The Balaban J connectivity index is 1.32. The number of hydrogen-bond acceptors (Lipinski definition) is 5. The highest BCUT2D eigenvalue weighted by Crippen LogP contribution is 2.21. The second-order valence-electron chi connectivity index (χ2n) is 7.18. The smallest absolute Gasteiger partial charge is 0.258 e. The molecule has 1 fully saturated rings. The molecule has 0 aliphatic carbocycles. The Morgan fingerprint density at radius 1 is 1.33 bits per heavy atom. The SMILES string of the molecule is C=C(OCN1CCC(NC(=O)COc2ccc(Cl)c(F)c2)CC1)C1CC=C(Cl)C=N1. The molecule has 2 aliphatic heterocycles. The molecule has 1 N–H and O–H groups in total. The van der Waals surface area contributed by atoms with E-state index in [4.69, 9.17) is 32.7 Å². The minimum Gasteiger partial charge on any atom is -0.484 e. The fourth-order valence-corrected chi connectivity index (χ4v) is 3.44. The number of rotatable bonds is 8. The van der Waals surface area contributed by atoms with Crippen LogP contribution in [0.2, 0.25) is 5.02 Å². The standard InChI is InChI=1S/C21H24Cl2FN3O3/c1-14(20-5-2-15(22)11-25-20)30-13-27-8-6-16(7-9-27)26-21(28)12-29-17-3-4-18(23)19(24)10-17/h2-4,10-11,16,20H,1,5-9,12-13H2,(H,26,28). The number of ether oxygens (including phenoxy) is 2. The first-order valence-electron chi connectivity index (χ1n) is 9.70. The van der Waals surface area contributed by atoms with Crippen molar-refractivity contribution in [2.45, 2.75) is 31.3 Å². The van der Waals surface area contributed by atoms with E-state index in [0.717, 1.165) is 32.0 Å². The van der Waals surface area contributed by atoms with Gasteiger partial charge in [0.25, 0.3) is 5.91 Å². The fraction of sp³-hybridized carbons (Fsp3) is 0.429. The number of aliphatic imine (C=N–C) groups is 1. The lowest BCUT2D eigenvalue weighted by Gasteiger charge is -2.32. The number of benzene rings is 1. The van der Waals surface area contributed by atoms with Gasteiger partial charge in [-0.2, -0.15) is 0 Å². The van der Waals surface area contributed by atoms with Crippen LogP contribution < -0.4 is 10.1 Å². The van der Waals surface area contributed by atoms with E-state index < -0.39 is 5.82 Å². The van der Waals surface area contributed by atoms with Crippen LogP contribution in [-0.2, 0) is 9.53 Å². The Kier molecular flexibility index (Phi) is 8.13. The molecule has 162 valence electrons. The van der Waals surface area contributed by atoms with Crippen LogP contribution in [0.25, 0.3) is 0 Å². The van der Waals surface area contributed by atoms with Crippen LogP contribution >= 0.6 is 23.2 Å². The summed E-state index contributed by atoms with van der Waals surface area (Å²) < 4.78 is 24.5. The topological polar surface area (TPSA) is 63.2 Å². The highest BCUT2D eigenvalue weighted by Gasteiger charge is 2.22. The number of amides is 1. The predicted molar refractivity (Wildman–Crippen MR) is 116 cm³/mol. The molecule has 0 spiro atoms. The highest BCUT2D eigenvalue weighted by molar-refractivity contribution is 6.39. The van der Waals surface area contributed by atoms with Crippen LogP contribution in [0.3, 0.4) is 0 Å². The second-order valence-corrected chi connectivity index (χ2v) is 8.03. The average Bonchev–Trinajstić information content (AvgIpc) is 2.74. The molecule has 1 atom stereocenters. The first-order chi connectivity index (χ1) is 14.4. The highest BCUT2D eigenvalue weighted by atomic mass is 35.5. The van der Waals surface area contributed by atoms with Crippen molar-refractivity contribution >= 4 is 35.3 Å². The van der Waals surface area contributed by atoms with Gasteiger partial charge in [-0.1, -0.05) is 35.9 Å². The van der Waals surface area contributed by atoms with Gasteiger partial charge in [0.05, 0.1) is 10.1 Å². The minimum absolute atomic E-state index is 0.0128. The summed E-state index contributed by atoms with van der Waals surface area (Å²) in [4.78, 5) is 18.6. The van der Waals surface area contributed by atoms with Gasteiger partial charge in [-0.3, -0.25) is 14.7 Å². The Hall–Kier alpha value is -2.09. The van der Waals surface area contributed by atoms with Crippen molar-refractivity contribution in [1.29, 1.82) is 0 Å². The number of carbonyl (C=O) groups excluding carboxylic acids is 1. The number of carbonyl (C=O) groups is 1. The lowest BCUT2D eigenvalue weighted by molar-refractivity contribution is -0.124. The lowest BCUT2D eigenvalue weighted by atomic mass is 10.1. The number of nitrogens with zero attached hydrogens (tertiary/aromatic N) is 2. The number of allylic oxidation sites excluding steroid dienone is 1. The van der Waals surface area contributed by atoms with Crippen molar-refractivity contribution < 1.29 is 18.7 Å². The van der Waals surface area contributed by atoms with Gasteiger partial charge in [0.2, 0.25) is 0 Å². The van der Waals surface area contributed by atoms with Crippen LogP contribution in [0.15, 0.2) is 46.6 Å². The molecule has 3 rings (SSSR count). The Morgan fingerprint density at radius 2 is 2.10 bits per heavy atom. The summed E-state index contributed by atoms with van der Waals surface area (Å²) in [6.07, 6.45) is 5.81. The number of likely N-dealkylation sites (tertiary alicyclic amines) is 1. The van der Waals surface area contributed by atoms with E-state index in [-0.39, 0.29) is 35.4 Å². The lowest BCUT2D eigenvalue weighted by Crippen LogP contribution is -2.46. The number of dihydropyridines is 1. The second kappa shape index (κ2) is 10.8. The van der Waals surface area contributed by atoms with Gasteiger partial charge < -0.3 is 14.8 Å². The number of halogens is 3. The first-order valence-corrected chi connectivity index (χ1v) is 10.5. The summed E-state index contributed by atoms with van der Waals surface area (Å²) in [5, 5.41) is 3.60. The molecule has 30 heavy (non-hydrogen) atoms. The Bertz CT molecular complexity index is 839. The third kappa shape index (κ3) is 6.72. The largest absolute Gasteiger partial charge is 0.484 e. The number of hydrogen-bond donors (Lipinski definition) is 1. The summed E-state index contributed by atoms with van der Waals surface area (Å²) in [6.45, 7) is 5.81. The third-order valence-corrected chi connectivity index (χ3v) is 5.49. The van der Waals surface area contributed by atoms with Crippen molar-refractivity contribution in [2.75, 3.05) is 26.4 Å². The van der Waals surface area contributed by atoms with Crippen LogP contribution in [-0.4, -0.2) is 55.5 Å². The summed E-state index contributed by atoms with van der Waals surface area (Å²) in [6, 6.07) is 4.04. The quantitative estimate of drug-likeness (QED) is 0.603. The molecule has 1 amide bonds. The van der Waals surface area contributed by atoms with E-state index >= 15 is 0 Å². The summed E-state index contributed by atoms with van der Waals surface area (Å²) >= 11 is 11.5. The molecular weight excluding hydrogens is 432 g/mol. The average molecular weight is 456 g/mol. The Labute approximate surface area is 185 Å². The van der Waals surface area contributed by atoms with Crippen molar-refractivity contribution in [3.63, 3.8) is 0 Å². The zero-order valence-electron chi connectivity index (χ0n) is 16.5. The molecule has 1 aromatic carbocycles. The van der Waals surface area contributed by atoms with Gasteiger partial charge in [0.1, 0.15) is 30.1 Å². The molecule has 6 nitrogen and oxygen atoms in total. The predicted octanol–water partition coefficient (Wildman–Crippen LogP) is 3.89. The molecule has 0 bridgehead atoms. The molecule has 2 heterocycles. The molecule has 9 heteroatoms. The van der Waals surface area contributed by atoms with Gasteiger partial charge in [-0.15, -0.1) is 0 Å². The zero-order chi connectivity index (χ0) is 21.5. The molecule has 0 aromatic heterocycles. The van der Waals surface area contributed by atoms with Crippen LogP contribution in [0.4, 0.5) is 4.39 Å². The zero-order valence-corrected chi connectivity index (χ0v) is 18.0. The molecular formula is C21H24Cl2FN3O3. The van der Waals surface area contributed by atoms with Crippen molar-refractivity contribution in [1.82, 2.24) is 10.2 Å². The molecule has 1 aromatic rings. The van der Waals surface area contributed by atoms with Crippen LogP contribution in [0, 0.1) is 5.82 Å². The molecule has 0 radical (unpaired) electrons. The van der Waals surface area contributed by atoms with Gasteiger partial charge >= 0.3 is 0 Å². The van der Waals surface area contributed by atoms with Gasteiger partial charge in [0.15, 0.2) is 6.61 Å². The van der Waals surface area contributed by atoms with E-state index in [1.807, 2.05) is 6.08 Å². The summed E-state index contributed by atoms with van der Waals surface area (Å²) in [5.41, 5.74) is 0. The maximum atomic E-state index is 13.4. The maximum Gasteiger partial charge on any atom is 0.258 e. The van der Waals surface area contributed by atoms with E-state index in [9.17, 15) is 9.18 Å². The minimum atomic E-state index is -0.581. The molecule has 1 unspecified atom stereocenters. The summed E-state index contributed by atoms with van der Waals surface area (Å²) in [5.74, 6) is 0.0647. The molecule has 1 saturated heterocycles. The van der Waals surface area contributed by atoms with Crippen LogP contribution in [0.5, 0.6) is 5.75 Å². The van der Waals surface area contributed by atoms with E-state index in [0.29, 0.717) is 23.9 Å². The first kappa shape index (κ1) is 22.6. The van der Waals surface area contributed by atoms with E-state index in [1.54, 1.807) is 6.21 Å². The van der Waals surface area contributed by atoms with Crippen molar-refractivity contribution in [3.8, 4) is 5.75 Å². The molecule has 2 aliphatic rings. The van der Waals surface area contributed by atoms with Gasteiger partial charge in [0, 0.05) is 31.4 Å². The monoisotopic (exact) mass is 455 g/mol. The van der Waals surface area contributed by atoms with Crippen molar-refractivity contribution in [3.05, 3.63) is 52.5 Å². The van der Waals surface area contributed by atoms with Crippen LogP contribution in [0.1, 0.15) is 19.3 Å². The number of piperidine rings is 1. The normalized spacial score (nSPS) is 19.8.